The molecule has 0 atom stereocenters. The molecule has 0 unspecified atom stereocenters. The van der Waals surface area contributed by atoms with Crippen molar-refractivity contribution in [2.45, 2.75) is 6.92 Å². The Morgan fingerprint density at radius 3 is 2.30 bits per heavy atom. The number of benzene rings is 2. The van der Waals surface area contributed by atoms with Crippen LogP contribution in [0.3, 0.4) is 0 Å². The molecular weight excluding hydrogens is 292 g/mol. The maximum atomic E-state index is 12.2. The summed E-state index contributed by atoms with van der Waals surface area (Å²) in [4.78, 5) is 12.2. The number of carbonyl (C=O) groups excluding carboxylic acids is 1. The molecule has 0 aliphatic rings. The monoisotopic (exact) mass is 312 g/mol. The summed E-state index contributed by atoms with van der Waals surface area (Å²) >= 11 is 0. The van der Waals surface area contributed by atoms with Gasteiger partial charge in [-0.25, -0.2) is 0 Å². The van der Waals surface area contributed by atoms with Crippen molar-refractivity contribution in [3.8, 4) is 17.2 Å². The zero-order valence-electron chi connectivity index (χ0n) is 13.5. The van der Waals surface area contributed by atoms with E-state index in [9.17, 15) is 4.79 Å². The zero-order valence-corrected chi connectivity index (χ0v) is 13.5. The average molecular weight is 312 g/mol. The molecule has 120 valence electrons. The smallest absolute Gasteiger partial charge is 0.185 e. The van der Waals surface area contributed by atoms with Gasteiger partial charge in [-0.1, -0.05) is 12.1 Å². The van der Waals surface area contributed by atoms with Gasteiger partial charge in [-0.15, -0.1) is 0 Å². The molecule has 0 bridgehead atoms. The lowest BCUT2D eigenvalue weighted by Crippen LogP contribution is -1.96. The Morgan fingerprint density at radius 2 is 1.70 bits per heavy atom. The van der Waals surface area contributed by atoms with E-state index in [1.165, 1.54) is 6.08 Å². The van der Waals surface area contributed by atoms with Crippen molar-refractivity contribution in [3.05, 3.63) is 59.7 Å². The quantitative estimate of drug-likeness (QED) is 0.572. The van der Waals surface area contributed by atoms with Crippen LogP contribution in [0.4, 0.5) is 0 Å². The van der Waals surface area contributed by atoms with Gasteiger partial charge in [0.2, 0.25) is 0 Å². The summed E-state index contributed by atoms with van der Waals surface area (Å²) in [5, 5.41) is 0. The first-order valence-corrected chi connectivity index (χ1v) is 7.35. The molecule has 0 heterocycles. The van der Waals surface area contributed by atoms with Crippen LogP contribution in [0, 0.1) is 0 Å². The largest absolute Gasteiger partial charge is 0.494 e. The van der Waals surface area contributed by atoms with Gasteiger partial charge in [0.05, 0.1) is 20.8 Å². The highest BCUT2D eigenvalue weighted by molar-refractivity contribution is 6.06. The maximum Gasteiger partial charge on any atom is 0.185 e. The van der Waals surface area contributed by atoms with E-state index in [0.717, 1.165) is 11.3 Å². The summed E-state index contributed by atoms with van der Waals surface area (Å²) in [7, 11) is 3.17. The maximum absolute atomic E-state index is 12.2. The molecule has 0 saturated heterocycles. The number of allylic oxidation sites excluding steroid dienone is 1. The van der Waals surface area contributed by atoms with Crippen LogP contribution in [0.15, 0.2) is 48.5 Å². The third kappa shape index (κ3) is 4.36. The predicted molar refractivity (Wildman–Crippen MR) is 90.5 cm³/mol. The second-order valence-corrected chi connectivity index (χ2v) is 4.77. The van der Waals surface area contributed by atoms with E-state index in [4.69, 9.17) is 14.2 Å². The molecule has 2 aromatic carbocycles. The number of rotatable bonds is 7. The van der Waals surface area contributed by atoms with E-state index in [1.807, 2.05) is 19.1 Å². The summed E-state index contributed by atoms with van der Waals surface area (Å²) < 4.78 is 15.8. The molecule has 0 fully saturated rings. The van der Waals surface area contributed by atoms with Crippen LogP contribution in [-0.2, 0) is 0 Å². The molecule has 23 heavy (non-hydrogen) atoms. The highest BCUT2D eigenvalue weighted by atomic mass is 16.5. The summed E-state index contributed by atoms with van der Waals surface area (Å²) in [6.45, 7) is 2.53. The molecule has 4 nitrogen and oxygen atoms in total. The third-order valence-corrected chi connectivity index (χ3v) is 3.28. The van der Waals surface area contributed by atoms with Crippen LogP contribution in [0.25, 0.3) is 6.08 Å². The standard InChI is InChI=1S/C19H20O4/c1-4-23-16-9-7-15(8-10-16)17(20)11-5-14-6-12-18(21-2)19(13-14)22-3/h5-13H,4H2,1-3H3/b11-5+. The van der Waals surface area contributed by atoms with Gasteiger partial charge in [0, 0.05) is 5.56 Å². The molecule has 0 N–H and O–H groups in total. The highest BCUT2D eigenvalue weighted by Crippen LogP contribution is 2.28. The molecule has 0 radical (unpaired) electrons. The summed E-state index contributed by atoms with van der Waals surface area (Å²) in [6.07, 6.45) is 3.29. The lowest BCUT2D eigenvalue weighted by Gasteiger charge is -2.07. The van der Waals surface area contributed by atoms with E-state index >= 15 is 0 Å². The predicted octanol–water partition coefficient (Wildman–Crippen LogP) is 4.00. The van der Waals surface area contributed by atoms with Gasteiger partial charge in [-0.3, -0.25) is 4.79 Å². The molecule has 0 spiro atoms. The lowest BCUT2D eigenvalue weighted by molar-refractivity contribution is 0.104. The Kier molecular flexibility index (Phi) is 5.80. The molecule has 4 heteroatoms. The molecule has 2 aromatic rings. The zero-order chi connectivity index (χ0) is 16.7. The lowest BCUT2D eigenvalue weighted by atomic mass is 10.1. The summed E-state index contributed by atoms with van der Waals surface area (Å²) in [5.41, 5.74) is 1.48. The van der Waals surface area contributed by atoms with Crippen molar-refractivity contribution in [2.24, 2.45) is 0 Å². The Bertz CT molecular complexity index is 687. The first-order valence-electron chi connectivity index (χ1n) is 7.35. The minimum absolute atomic E-state index is 0.0668. The fraction of sp³-hybridized carbons (Fsp3) is 0.211. The first-order chi connectivity index (χ1) is 11.2. The number of hydrogen-bond donors (Lipinski definition) is 0. The SMILES string of the molecule is CCOc1ccc(C(=O)/C=C/c2ccc(OC)c(OC)c2)cc1. The fourth-order valence-electron chi connectivity index (χ4n) is 2.11. The molecule has 0 aromatic heterocycles. The van der Waals surface area contributed by atoms with Crippen LogP contribution >= 0.6 is 0 Å². The van der Waals surface area contributed by atoms with Crippen LogP contribution in [0.5, 0.6) is 17.2 Å². The van der Waals surface area contributed by atoms with Crippen molar-refractivity contribution < 1.29 is 19.0 Å². The normalized spacial score (nSPS) is 10.6. The second kappa shape index (κ2) is 8.03. The number of carbonyl (C=O) groups is 1. The molecule has 0 aliphatic heterocycles. The second-order valence-electron chi connectivity index (χ2n) is 4.77. The van der Waals surface area contributed by atoms with Gasteiger partial charge >= 0.3 is 0 Å². The van der Waals surface area contributed by atoms with Crippen LogP contribution in [-0.4, -0.2) is 26.6 Å². The van der Waals surface area contributed by atoms with Crippen molar-refractivity contribution in [2.75, 3.05) is 20.8 Å². The Hall–Kier alpha value is -2.75. The minimum atomic E-state index is -0.0668. The summed E-state index contributed by atoms with van der Waals surface area (Å²) in [6, 6.07) is 12.6. The van der Waals surface area contributed by atoms with Gasteiger partial charge in [-0.2, -0.15) is 0 Å². The Morgan fingerprint density at radius 1 is 1.00 bits per heavy atom. The van der Waals surface area contributed by atoms with Crippen molar-refractivity contribution in [1.29, 1.82) is 0 Å². The highest BCUT2D eigenvalue weighted by Gasteiger charge is 2.05. The molecule has 0 amide bonds. The number of ketones is 1. The van der Waals surface area contributed by atoms with E-state index < -0.39 is 0 Å². The Labute approximate surface area is 136 Å². The minimum Gasteiger partial charge on any atom is -0.494 e. The molecule has 2 rings (SSSR count). The number of hydrogen-bond acceptors (Lipinski definition) is 4. The van der Waals surface area contributed by atoms with Gasteiger partial charge in [0.1, 0.15) is 5.75 Å². The van der Waals surface area contributed by atoms with E-state index in [0.29, 0.717) is 23.7 Å². The van der Waals surface area contributed by atoms with Crippen molar-refractivity contribution in [3.63, 3.8) is 0 Å². The van der Waals surface area contributed by atoms with Crippen LogP contribution in [0.1, 0.15) is 22.8 Å². The number of ether oxygens (including phenoxy) is 3. The van der Waals surface area contributed by atoms with Crippen LogP contribution in [0.2, 0.25) is 0 Å². The number of methoxy groups -OCH3 is 2. The molecule has 0 saturated carbocycles. The first kappa shape index (κ1) is 16.6. The average Bonchev–Trinajstić information content (AvgIpc) is 2.60. The topological polar surface area (TPSA) is 44.8 Å². The molecule has 0 aliphatic carbocycles. The van der Waals surface area contributed by atoms with Gasteiger partial charge in [-0.05, 0) is 55.0 Å². The Balaban J connectivity index is 2.11. The van der Waals surface area contributed by atoms with E-state index in [1.54, 1.807) is 50.6 Å². The summed E-state index contributed by atoms with van der Waals surface area (Å²) in [5.74, 6) is 1.97. The third-order valence-electron chi connectivity index (χ3n) is 3.28. The van der Waals surface area contributed by atoms with Gasteiger partial charge < -0.3 is 14.2 Å². The van der Waals surface area contributed by atoms with Crippen molar-refractivity contribution >= 4 is 11.9 Å². The van der Waals surface area contributed by atoms with E-state index in [2.05, 4.69) is 0 Å². The van der Waals surface area contributed by atoms with Crippen molar-refractivity contribution in [1.82, 2.24) is 0 Å². The fourth-order valence-corrected chi connectivity index (χ4v) is 2.11. The van der Waals surface area contributed by atoms with Gasteiger partial charge in [0.25, 0.3) is 0 Å². The van der Waals surface area contributed by atoms with E-state index in [-0.39, 0.29) is 5.78 Å². The molecular formula is C19H20O4. The van der Waals surface area contributed by atoms with Gasteiger partial charge in [0.15, 0.2) is 17.3 Å². The van der Waals surface area contributed by atoms with Crippen LogP contribution < -0.4 is 14.2 Å².